The summed E-state index contributed by atoms with van der Waals surface area (Å²) in [7, 11) is 0. The molecule has 0 heterocycles. The second kappa shape index (κ2) is 4.26. The Bertz CT molecular complexity index is 346. The largest absolute Gasteiger partial charge is 0.506 e. The van der Waals surface area contributed by atoms with Crippen molar-refractivity contribution in [2.24, 2.45) is 0 Å². The second-order valence-corrected chi connectivity index (χ2v) is 3.41. The predicted octanol–water partition coefficient (Wildman–Crippen LogP) is 2.10. The van der Waals surface area contributed by atoms with Crippen LogP contribution in [0.3, 0.4) is 0 Å². The topological polar surface area (TPSA) is 64.2 Å². The zero-order valence-corrected chi connectivity index (χ0v) is 8.32. The lowest BCUT2D eigenvalue weighted by atomic mass is 10.1. The number of hydrogen-bond acceptors (Lipinski definition) is 3. The third-order valence-corrected chi connectivity index (χ3v) is 2.30. The molecule has 0 saturated carbocycles. The molecule has 4 heteroatoms. The molecule has 13 heavy (non-hydrogen) atoms. The molecule has 1 aromatic rings. The molecule has 68 valence electrons. The summed E-state index contributed by atoms with van der Waals surface area (Å²) in [4.78, 5) is 0. The molecule has 0 saturated heterocycles. The van der Waals surface area contributed by atoms with E-state index in [0.717, 1.165) is 0 Å². The highest BCUT2D eigenvalue weighted by Gasteiger charge is 2.13. The summed E-state index contributed by atoms with van der Waals surface area (Å²) in [5, 5.41) is 27.3. The molecule has 0 aliphatic rings. The van der Waals surface area contributed by atoms with Gasteiger partial charge in [0.1, 0.15) is 5.75 Å². The Hall–Kier alpha value is -1.05. The molecule has 0 aliphatic carbocycles. The van der Waals surface area contributed by atoms with E-state index in [4.69, 9.17) is 5.26 Å². The second-order valence-electron chi connectivity index (χ2n) is 2.56. The molecule has 0 aliphatic heterocycles. The van der Waals surface area contributed by atoms with Crippen molar-refractivity contribution in [1.29, 1.82) is 5.26 Å². The maximum Gasteiger partial charge on any atom is 0.135 e. The zero-order valence-electron chi connectivity index (χ0n) is 6.74. The third kappa shape index (κ3) is 2.20. The van der Waals surface area contributed by atoms with Crippen molar-refractivity contribution in [1.82, 2.24) is 0 Å². The van der Waals surface area contributed by atoms with Crippen LogP contribution in [0.1, 0.15) is 18.1 Å². The normalized spacial score (nSPS) is 12.1. The summed E-state index contributed by atoms with van der Waals surface area (Å²) in [5.41, 5.74) is 0.371. The van der Waals surface area contributed by atoms with Gasteiger partial charge in [0.05, 0.1) is 23.1 Å². The number of hydrogen-bond donors (Lipinski definition) is 2. The van der Waals surface area contributed by atoms with E-state index in [1.54, 1.807) is 18.2 Å². The van der Waals surface area contributed by atoms with Crippen molar-refractivity contribution in [2.45, 2.75) is 12.5 Å². The molecule has 3 nitrogen and oxygen atoms in total. The van der Waals surface area contributed by atoms with Crippen LogP contribution < -0.4 is 0 Å². The number of benzene rings is 1. The lowest BCUT2D eigenvalue weighted by Crippen LogP contribution is -1.96. The highest BCUT2D eigenvalue weighted by Crippen LogP contribution is 2.32. The van der Waals surface area contributed by atoms with Gasteiger partial charge in [-0.05, 0) is 22.0 Å². The van der Waals surface area contributed by atoms with Crippen LogP contribution >= 0.6 is 15.9 Å². The molecule has 1 atom stereocenters. The third-order valence-electron chi connectivity index (χ3n) is 1.66. The van der Waals surface area contributed by atoms with E-state index in [-0.39, 0.29) is 12.2 Å². The molecule has 0 aromatic heterocycles. The van der Waals surface area contributed by atoms with Gasteiger partial charge >= 0.3 is 0 Å². The van der Waals surface area contributed by atoms with Gasteiger partial charge in [0.15, 0.2) is 0 Å². The van der Waals surface area contributed by atoms with Crippen LogP contribution in [0.4, 0.5) is 0 Å². The van der Waals surface area contributed by atoms with Crippen LogP contribution in [-0.2, 0) is 0 Å². The number of phenolic OH excluding ortho intramolecular Hbond substituents is 1. The van der Waals surface area contributed by atoms with Crippen molar-refractivity contribution in [2.75, 3.05) is 0 Å². The maximum absolute atomic E-state index is 9.48. The minimum absolute atomic E-state index is 0.00903. The smallest absolute Gasteiger partial charge is 0.135 e. The highest BCUT2D eigenvalue weighted by atomic mass is 79.9. The van der Waals surface area contributed by atoms with Gasteiger partial charge in [-0.25, -0.2) is 0 Å². The van der Waals surface area contributed by atoms with Crippen molar-refractivity contribution in [3.8, 4) is 11.8 Å². The Balaban J connectivity index is 3.02. The molecule has 0 fully saturated rings. The molecular weight excluding hydrogens is 234 g/mol. The lowest BCUT2D eigenvalue weighted by molar-refractivity contribution is 0.179. The first-order valence-corrected chi connectivity index (χ1v) is 4.48. The first kappa shape index (κ1) is 10.0. The molecule has 1 unspecified atom stereocenters. The standard InChI is InChI=1S/C9H8BrNO2/c10-7-3-1-2-6(9(7)13)8(12)4-5-11/h1-3,8,12-13H,4H2. The molecule has 2 N–H and O–H groups in total. The number of halogens is 1. The summed E-state index contributed by atoms with van der Waals surface area (Å²) in [6.07, 6.45) is -0.952. The Kier molecular flexibility index (Phi) is 3.29. The van der Waals surface area contributed by atoms with Crippen molar-refractivity contribution in [3.63, 3.8) is 0 Å². The molecule has 1 aromatic carbocycles. The summed E-state index contributed by atoms with van der Waals surface area (Å²) < 4.78 is 0.516. The van der Waals surface area contributed by atoms with Crippen molar-refractivity contribution in [3.05, 3.63) is 28.2 Å². The van der Waals surface area contributed by atoms with Crippen LogP contribution in [0.25, 0.3) is 0 Å². The first-order valence-electron chi connectivity index (χ1n) is 3.69. The van der Waals surface area contributed by atoms with E-state index in [2.05, 4.69) is 15.9 Å². The van der Waals surface area contributed by atoms with Gasteiger partial charge in [0, 0.05) is 5.56 Å². The van der Waals surface area contributed by atoms with Crippen LogP contribution in [-0.4, -0.2) is 10.2 Å². The SMILES string of the molecule is N#CCC(O)c1cccc(Br)c1O. The van der Waals surface area contributed by atoms with Crippen molar-refractivity contribution < 1.29 is 10.2 Å². The molecule has 0 radical (unpaired) electrons. The average molecular weight is 242 g/mol. The molecule has 0 bridgehead atoms. The van der Waals surface area contributed by atoms with Gasteiger partial charge in [-0.2, -0.15) is 5.26 Å². The van der Waals surface area contributed by atoms with Crippen LogP contribution in [0.15, 0.2) is 22.7 Å². The summed E-state index contributed by atoms with van der Waals surface area (Å²) in [5.74, 6) is -0.00903. The number of aliphatic hydroxyl groups is 1. The molecule has 0 spiro atoms. The van der Waals surface area contributed by atoms with Gasteiger partial charge in [0.25, 0.3) is 0 Å². The fraction of sp³-hybridized carbons (Fsp3) is 0.222. The summed E-state index contributed by atoms with van der Waals surface area (Å²) in [6, 6.07) is 6.78. The first-order chi connectivity index (χ1) is 6.16. The number of rotatable bonds is 2. The van der Waals surface area contributed by atoms with Gasteiger partial charge in [-0.3, -0.25) is 0 Å². The number of aliphatic hydroxyl groups excluding tert-OH is 1. The fourth-order valence-corrected chi connectivity index (χ4v) is 1.38. The van der Waals surface area contributed by atoms with E-state index >= 15 is 0 Å². The van der Waals surface area contributed by atoms with E-state index in [1.807, 2.05) is 6.07 Å². The maximum atomic E-state index is 9.48. The van der Waals surface area contributed by atoms with Crippen LogP contribution in [0.2, 0.25) is 0 Å². The Labute approximate surface area is 84.4 Å². The Morgan fingerprint density at radius 1 is 1.54 bits per heavy atom. The van der Waals surface area contributed by atoms with E-state index in [1.165, 1.54) is 0 Å². The van der Waals surface area contributed by atoms with Gasteiger partial charge < -0.3 is 10.2 Å². The number of para-hydroxylation sites is 1. The monoisotopic (exact) mass is 241 g/mol. The minimum atomic E-state index is -0.928. The van der Waals surface area contributed by atoms with E-state index < -0.39 is 6.10 Å². The van der Waals surface area contributed by atoms with E-state index in [9.17, 15) is 10.2 Å². The number of aromatic hydroxyl groups is 1. The summed E-state index contributed by atoms with van der Waals surface area (Å²) in [6.45, 7) is 0. The summed E-state index contributed by atoms with van der Waals surface area (Å²) >= 11 is 3.12. The van der Waals surface area contributed by atoms with E-state index in [0.29, 0.717) is 10.0 Å². The zero-order chi connectivity index (χ0) is 9.84. The number of nitriles is 1. The van der Waals surface area contributed by atoms with Gasteiger partial charge in [0.2, 0.25) is 0 Å². The predicted molar refractivity (Wildman–Crippen MR) is 51.0 cm³/mol. The van der Waals surface area contributed by atoms with Gasteiger partial charge in [-0.15, -0.1) is 0 Å². The number of nitrogens with zero attached hydrogens (tertiary/aromatic N) is 1. The van der Waals surface area contributed by atoms with Crippen LogP contribution in [0.5, 0.6) is 5.75 Å². The average Bonchev–Trinajstić information content (AvgIpc) is 2.10. The quantitative estimate of drug-likeness (QED) is 0.834. The van der Waals surface area contributed by atoms with Gasteiger partial charge in [-0.1, -0.05) is 12.1 Å². The fourth-order valence-electron chi connectivity index (χ4n) is 0.997. The van der Waals surface area contributed by atoms with Crippen LogP contribution in [0, 0.1) is 11.3 Å². The molecule has 1 rings (SSSR count). The minimum Gasteiger partial charge on any atom is -0.506 e. The molecular formula is C9H8BrNO2. The number of phenols is 1. The highest BCUT2D eigenvalue weighted by molar-refractivity contribution is 9.10. The lowest BCUT2D eigenvalue weighted by Gasteiger charge is -2.09. The Morgan fingerprint density at radius 2 is 2.23 bits per heavy atom. The van der Waals surface area contributed by atoms with Crippen molar-refractivity contribution >= 4 is 15.9 Å². The Morgan fingerprint density at radius 3 is 2.85 bits per heavy atom. The molecule has 0 amide bonds.